The fourth-order valence-corrected chi connectivity index (χ4v) is 2.16. The number of carbonyl (C=O) groups is 1. The van der Waals surface area contributed by atoms with Gasteiger partial charge in [0, 0.05) is 6.20 Å². The van der Waals surface area contributed by atoms with E-state index in [4.69, 9.17) is 4.74 Å². The van der Waals surface area contributed by atoms with Crippen LogP contribution in [-0.2, 0) is 0 Å². The zero-order valence-electron chi connectivity index (χ0n) is 12.5. The molecular formula is C17H20N2O2. The van der Waals surface area contributed by atoms with Gasteiger partial charge < -0.3 is 10.1 Å². The van der Waals surface area contributed by atoms with Crippen LogP contribution in [0.4, 0.5) is 0 Å². The van der Waals surface area contributed by atoms with Crippen LogP contribution in [0.5, 0.6) is 5.75 Å². The Bertz CT molecular complexity index is 579. The SMILES string of the molecule is COc1ccc(C(NC(=O)c2ccccn2)C(C)C)cc1. The summed E-state index contributed by atoms with van der Waals surface area (Å²) in [5.41, 5.74) is 1.48. The number of nitrogens with one attached hydrogen (secondary N) is 1. The van der Waals surface area contributed by atoms with Crippen LogP contribution < -0.4 is 10.1 Å². The predicted octanol–water partition coefficient (Wildman–Crippen LogP) is 3.22. The fourth-order valence-electron chi connectivity index (χ4n) is 2.16. The molecule has 1 aromatic carbocycles. The quantitative estimate of drug-likeness (QED) is 0.917. The molecule has 0 radical (unpaired) electrons. The molecule has 0 bridgehead atoms. The van der Waals surface area contributed by atoms with Crippen LogP contribution in [-0.4, -0.2) is 18.0 Å². The highest BCUT2D eigenvalue weighted by Gasteiger charge is 2.19. The summed E-state index contributed by atoms with van der Waals surface area (Å²) in [6.45, 7) is 4.15. The molecule has 1 atom stereocenters. The Morgan fingerprint density at radius 1 is 1.14 bits per heavy atom. The van der Waals surface area contributed by atoms with E-state index in [1.165, 1.54) is 0 Å². The molecule has 0 aliphatic carbocycles. The number of hydrogen-bond acceptors (Lipinski definition) is 3. The Morgan fingerprint density at radius 3 is 2.38 bits per heavy atom. The number of aromatic nitrogens is 1. The van der Waals surface area contributed by atoms with Crippen molar-refractivity contribution in [1.82, 2.24) is 10.3 Å². The van der Waals surface area contributed by atoms with Gasteiger partial charge in [-0.3, -0.25) is 9.78 Å². The van der Waals surface area contributed by atoms with Crippen LogP contribution in [0, 0.1) is 5.92 Å². The largest absolute Gasteiger partial charge is 0.497 e. The van der Waals surface area contributed by atoms with E-state index in [2.05, 4.69) is 24.1 Å². The molecule has 110 valence electrons. The van der Waals surface area contributed by atoms with Gasteiger partial charge in [0.2, 0.25) is 0 Å². The number of amides is 1. The minimum Gasteiger partial charge on any atom is -0.497 e. The third-order valence-corrected chi connectivity index (χ3v) is 3.33. The van der Waals surface area contributed by atoms with E-state index in [9.17, 15) is 4.79 Å². The van der Waals surface area contributed by atoms with E-state index in [0.717, 1.165) is 11.3 Å². The standard InChI is InChI=1S/C17H20N2O2/c1-12(2)16(13-7-9-14(21-3)10-8-13)19-17(20)15-6-4-5-11-18-15/h4-12,16H,1-3H3,(H,19,20). The van der Waals surface area contributed by atoms with Crippen molar-refractivity contribution in [3.05, 3.63) is 59.9 Å². The summed E-state index contributed by atoms with van der Waals surface area (Å²) in [7, 11) is 1.64. The molecule has 4 heteroatoms. The Morgan fingerprint density at radius 2 is 1.86 bits per heavy atom. The molecule has 21 heavy (non-hydrogen) atoms. The van der Waals surface area contributed by atoms with Crippen molar-refractivity contribution in [2.24, 2.45) is 5.92 Å². The topological polar surface area (TPSA) is 51.2 Å². The van der Waals surface area contributed by atoms with Crippen molar-refractivity contribution >= 4 is 5.91 Å². The first-order chi connectivity index (χ1) is 10.1. The zero-order valence-corrected chi connectivity index (χ0v) is 12.5. The molecule has 4 nitrogen and oxygen atoms in total. The van der Waals surface area contributed by atoms with Gasteiger partial charge in [0.15, 0.2) is 0 Å². The maximum atomic E-state index is 12.3. The van der Waals surface area contributed by atoms with Crippen LogP contribution in [0.3, 0.4) is 0 Å². The lowest BCUT2D eigenvalue weighted by atomic mass is 9.95. The summed E-state index contributed by atoms with van der Waals surface area (Å²) >= 11 is 0. The lowest BCUT2D eigenvalue weighted by molar-refractivity contribution is 0.0920. The van der Waals surface area contributed by atoms with Gasteiger partial charge >= 0.3 is 0 Å². The van der Waals surface area contributed by atoms with Crippen LogP contribution in [0.2, 0.25) is 0 Å². The minimum atomic E-state index is -0.162. The number of ether oxygens (including phenoxy) is 1. The third kappa shape index (κ3) is 3.81. The molecule has 0 fully saturated rings. The highest BCUT2D eigenvalue weighted by molar-refractivity contribution is 5.92. The molecule has 2 aromatic rings. The minimum absolute atomic E-state index is 0.0644. The Hall–Kier alpha value is -2.36. The van der Waals surface area contributed by atoms with E-state index < -0.39 is 0 Å². The maximum Gasteiger partial charge on any atom is 0.270 e. The predicted molar refractivity (Wildman–Crippen MR) is 82.3 cm³/mol. The molecule has 1 heterocycles. The molecular weight excluding hydrogens is 264 g/mol. The van der Waals surface area contributed by atoms with Gasteiger partial charge in [-0.05, 0) is 35.7 Å². The van der Waals surface area contributed by atoms with Crippen molar-refractivity contribution in [3.63, 3.8) is 0 Å². The smallest absolute Gasteiger partial charge is 0.270 e. The van der Waals surface area contributed by atoms with E-state index in [1.54, 1.807) is 31.5 Å². The van der Waals surface area contributed by atoms with Crippen LogP contribution in [0.15, 0.2) is 48.7 Å². The zero-order chi connectivity index (χ0) is 15.2. The van der Waals surface area contributed by atoms with Crippen molar-refractivity contribution < 1.29 is 9.53 Å². The van der Waals surface area contributed by atoms with Gasteiger partial charge in [0.25, 0.3) is 5.91 Å². The molecule has 0 aliphatic heterocycles. The van der Waals surface area contributed by atoms with Gasteiger partial charge in [-0.2, -0.15) is 0 Å². The first-order valence-electron chi connectivity index (χ1n) is 6.97. The van der Waals surface area contributed by atoms with Gasteiger partial charge in [0.1, 0.15) is 11.4 Å². The van der Waals surface area contributed by atoms with Gasteiger partial charge in [-0.15, -0.1) is 0 Å². The molecule has 0 aliphatic rings. The lowest BCUT2D eigenvalue weighted by Crippen LogP contribution is -2.32. The lowest BCUT2D eigenvalue weighted by Gasteiger charge is -2.23. The normalized spacial score (nSPS) is 12.0. The summed E-state index contributed by atoms with van der Waals surface area (Å²) in [5, 5.41) is 3.04. The average molecular weight is 284 g/mol. The fraction of sp³-hybridized carbons (Fsp3) is 0.294. The van der Waals surface area contributed by atoms with Gasteiger partial charge in [-0.1, -0.05) is 32.0 Å². The summed E-state index contributed by atoms with van der Waals surface area (Å²) in [5.74, 6) is 0.911. The molecule has 1 N–H and O–H groups in total. The van der Waals surface area contributed by atoms with Gasteiger partial charge in [-0.25, -0.2) is 0 Å². The number of nitrogens with zero attached hydrogens (tertiary/aromatic N) is 1. The number of methoxy groups -OCH3 is 1. The number of rotatable bonds is 5. The Balaban J connectivity index is 2.17. The first kappa shape index (κ1) is 15.0. The van der Waals surface area contributed by atoms with Crippen molar-refractivity contribution in [2.75, 3.05) is 7.11 Å². The van der Waals surface area contributed by atoms with Crippen molar-refractivity contribution in [3.8, 4) is 5.75 Å². The second kappa shape index (κ2) is 6.88. The summed E-state index contributed by atoms with van der Waals surface area (Å²) in [4.78, 5) is 16.3. The van der Waals surface area contributed by atoms with Crippen LogP contribution in [0.1, 0.15) is 35.9 Å². The molecule has 0 saturated carbocycles. The van der Waals surface area contributed by atoms with Gasteiger partial charge in [0.05, 0.1) is 13.2 Å². The molecule has 0 spiro atoms. The second-order valence-electron chi connectivity index (χ2n) is 5.18. The molecule has 2 rings (SSSR count). The Kier molecular flexibility index (Phi) is 4.93. The molecule has 0 saturated heterocycles. The number of carbonyl (C=O) groups excluding carboxylic acids is 1. The number of hydrogen-bond donors (Lipinski definition) is 1. The van der Waals surface area contributed by atoms with Crippen molar-refractivity contribution in [2.45, 2.75) is 19.9 Å². The molecule has 1 amide bonds. The second-order valence-corrected chi connectivity index (χ2v) is 5.18. The average Bonchev–Trinajstić information content (AvgIpc) is 2.53. The maximum absolute atomic E-state index is 12.3. The van der Waals surface area contributed by atoms with E-state index in [-0.39, 0.29) is 17.9 Å². The summed E-state index contributed by atoms with van der Waals surface area (Å²) < 4.78 is 5.16. The number of benzene rings is 1. The molecule has 1 unspecified atom stereocenters. The van der Waals surface area contributed by atoms with Crippen LogP contribution >= 0.6 is 0 Å². The van der Waals surface area contributed by atoms with Crippen LogP contribution in [0.25, 0.3) is 0 Å². The number of pyridine rings is 1. The Labute approximate surface area is 125 Å². The highest BCUT2D eigenvalue weighted by Crippen LogP contribution is 2.24. The summed E-state index contributed by atoms with van der Waals surface area (Å²) in [6, 6.07) is 13.0. The van der Waals surface area contributed by atoms with Crippen molar-refractivity contribution in [1.29, 1.82) is 0 Å². The molecule has 1 aromatic heterocycles. The van der Waals surface area contributed by atoms with E-state index >= 15 is 0 Å². The van der Waals surface area contributed by atoms with E-state index in [0.29, 0.717) is 5.69 Å². The van der Waals surface area contributed by atoms with E-state index in [1.807, 2.05) is 24.3 Å². The first-order valence-corrected chi connectivity index (χ1v) is 6.97. The monoisotopic (exact) mass is 284 g/mol. The summed E-state index contributed by atoms with van der Waals surface area (Å²) in [6.07, 6.45) is 1.62. The third-order valence-electron chi connectivity index (χ3n) is 3.33. The highest BCUT2D eigenvalue weighted by atomic mass is 16.5.